The maximum absolute atomic E-state index is 13.1. The third-order valence-corrected chi connectivity index (χ3v) is 8.04. The zero-order chi connectivity index (χ0) is 22.9. The van der Waals surface area contributed by atoms with Crippen molar-refractivity contribution in [1.82, 2.24) is 14.8 Å². The standard InChI is InChI=1S/C22H28N4O5S/c1-14-20(15(2)31-25-14)32(29,30)26-10-4-6-18(13-26)21(27)23-12-16-5-3-7-19(11-16)24-22(28)17-8-9-17/h3,5,7,11,17-18H,4,6,8-10,12-13H2,1-2H3,(H,23,27)(H,24,28)/t18-/m1/s1. The number of rotatable bonds is 7. The van der Waals surface area contributed by atoms with Crippen LogP contribution in [-0.2, 0) is 26.2 Å². The molecule has 2 amide bonds. The first kappa shape index (κ1) is 22.5. The topological polar surface area (TPSA) is 122 Å². The second-order valence-electron chi connectivity index (χ2n) is 8.54. The molecule has 1 saturated carbocycles. The first-order valence-electron chi connectivity index (χ1n) is 10.9. The fourth-order valence-corrected chi connectivity index (χ4v) is 5.84. The van der Waals surface area contributed by atoms with E-state index in [1.165, 1.54) is 4.31 Å². The van der Waals surface area contributed by atoms with Crippen molar-refractivity contribution in [1.29, 1.82) is 0 Å². The molecule has 0 radical (unpaired) electrons. The Hall–Kier alpha value is -2.72. The van der Waals surface area contributed by atoms with Crippen LogP contribution in [0, 0.1) is 25.7 Å². The third-order valence-electron chi connectivity index (χ3n) is 5.93. The molecule has 2 fully saturated rings. The first-order valence-corrected chi connectivity index (χ1v) is 12.3. The summed E-state index contributed by atoms with van der Waals surface area (Å²) in [6, 6.07) is 7.38. The lowest BCUT2D eigenvalue weighted by molar-refractivity contribution is -0.126. The maximum Gasteiger partial charge on any atom is 0.248 e. The van der Waals surface area contributed by atoms with Crippen molar-refractivity contribution in [3.05, 3.63) is 41.3 Å². The van der Waals surface area contributed by atoms with Crippen LogP contribution < -0.4 is 10.6 Å². The summed E-state index contributed by atoms with van der Waals surface area (Å²) in [4.78, 5) is 24.8. The van der Waals surface area contributed by atoms with Gasteiger partial charge in [0.15, 0.2) is 5.76 Å². The molecule has 4 rings (SSSR count). The van der Waals surface area contributed by atoms with Crippen molar-refractivity contribution in [2.45, 2.75) is 51.0 Å². The van der Waals surface area contributed by atoms with E-state index >= 15 is 0 Å². The zero-order valence-electron chi connectivity index (χ0n) is 18.3. The second-order valence-corrected chi connectivity index (χ2v) is 10.4. The number of benzene rings is 1. The van der Waals surface area contributed by atoms with E-state index in [2.05, 4.69) is 15.8 Å². The number of hydrogen-bond acceptors (Lipinski definition) is 6. The lowest BCUT2D eigenvalue weighted by Gasteiger charge is -2.31. The van der Waals surface area contributed by atoms with Crippen LogP contribution in [0.25, 0.3) is 0 Å². The molecule has 2 N–H and O–H groups in total. The molecular weight excluding hydrogens is 432 g/mol. The molecule has 1 aromatic carbocycles. The van der Waals surface area contributed by atoms with Crippen LogP contribution in [-0.4, -0.2) is 42.8 Å². The van der Waals surface area contributed by atoms with Crippen LogP contribution in [0.5, 0.6) is 0 Å². The van der Waals surface area contributed by atoms with Crippen molar-refractivity contribution in [2.24, 2.45) is 11.8 Å². The number of aromatic nitrogens is 1. The molecule has 10 heteroatoms. The minimum atomic E-state index is -3.78. The monoisotopic (exact) mass is 460 g/mol. The average molecular weight is 461 g/mol. The van der Waals surface area contributed by atoms with Crippen LogP contribution in [0.1, 0.15) is 42.7 Å². The molecule has 2 aliphatic rings. The SMILES string of the molecule is Cc1noc(C)c1S(=O)(=O)N1CCC[C@@H](C(=O)NCc2cccc(NC(=O)C3CC3)c2)C1. The van der Waals surface area contributed by atoms with Gasteiger partial charge in [0.2, 0.25) is 21.8 Å². The van der Waals surface area contributed by atoms with Crippen LogP contribution in [0.3, 0.4) is 0 Å². The van der Waals surface area contributed by atoms with Gasteiger partial charge in [0, 0.05) is 31.2 Å². The average Bonchev–Trinajstić information content (AvgIpc) is 3.57. The predicted octanol–water partition coefficient (Wildman–Crippen LogP) is 2.36. The number of carbonyl (C=O) groups excluding carboxylic acids is 2. The van der Waals surface area contributed by atoms with Gasteiger partial charge in [-0.05, 0) is 57.2 Å². The molecule has 1 aromatic heterocycles. The zero-order valence-corrected chi connectivity index (χ0v) is 19.1. The molecular formula is C22H28N4O5S. The van der Waals surface area contributed by atoms with E-state index in [0.717, 1.165) is 18.4 Å². The minimum Gasteiger partial charge on any atom is -0.360 e. The Morgan fingerprint density at radius 3 is 2.62 bits per heavy atom. The number of nitrogens with one attached hydrogen (secondary N) is 2. The molecule has 0 unspecified atom stereocenters. The van der Waals surface area contributed by atoms with E-state index in [0.29, 0.717) is 37.3 Å². The van der Waals surface area contributed by atoms with Gasteiger partial charge in [-0.25, -0.2) is 8.42 Å². The number of hydrogen-bond donors (Lipinski definition) is 2. The molecule has 2 aromatic rings. The van der Waals surface area contributed by atoms with E-state index in [9.17, 15) is 18.0 Å². The van der Waals surface area contributed by atoms with E-state index in [4.69, 9.17) is 4.52 Å². The summed E-state index contributed by atoms with van der Waals surface area (Å²) in [5.41, 5.74) is 1.90. The molecule has 32 heavy (non-hydrogen) atoms. The Morgan fingerprint density at radius 2 is 1.94 bits per heavy atom. The highest BCUT2D eigenvalue weighted by atomic mass is 32.2. The smallest absolute Gasteiger partial charge is 0.248 e. The molecule has 9 nitrogen and oxygen atoms in total. The summed E-state index contributed by atoms with van der Waals surface area (Å²) in [6.45, 7) is 3.95. The summed E-state index contributed by atoms with van der Waals surface area (Å²) in [5, 5.41) is 9.56. The summed E-state index contributed by atoms with van der Waals surface area (Å²) in [5.74, 6) is -0.210. The summed E-state index contributed by atoms with van der Waals surface area (Å²) < 4.78 is 32.5. The molecule has 2 heterocycles. The second kappa shape index (κ2) is 9.03. The Labute approximate surface area is 187 Å². The molecule has 172 valence electrons. The predicted molar refractivity (Wildman–Crippen MR) is 117 cm³/mol. The first-order chi connectivity index (χ1) is 15.3. The van der Waals surface area contributed by atoms with Gasteiger partial charge >= 0.3 is 0 Å². The van der Waals surface area contributed by atoms with E-state index in [1.807, 2.05) is 24.3 Å². The van der Waals surface area contributed by atoms with Crippen LogP contribution in [0.15, 0.2) is 33.7 Å². The highest BCUT2D eigenvalue weighted by Gasteiger charge is 2.36. The molecule has 1 saturated heterocycles. The number of piperidine rings is 1. The van der Waals surface area contributed by atoms with E-state index in [1.54, 1.807) is 13.8 Å². The lowest BCUT2D eigenvalue weighted by Crippen LogP contribution is -2.45. The molecule has 1 aliphatic heterocycles. The molecule has 0 spiro atoms. The Bertz CT molecular complexity index is 1100. The van der Waals surface area contributed by atoms with Gasteiger partial charge in [-0.15, -0.1) is 0 Å². The maximum atomic E-state index is 13.1. The normalized spacial score (nSPS) is 19.5. The summed E-state index contributed by atoms with van der Waals surface area (Å²) in [6.07, 6.45) is 3.10. The largest absolute Gasteiger partial charge is 0.360 e. The van der Waals surface area contributed by atoms with Gasteiger partial charge < -0.3 is 15.2 Å². The highest BCUT2D eigenvalue weighted by molar-refractivity contribution is 7.89. The van der Waals surface area contributed by atoms with E-state index in [-0.39, 0.29) is 34.9 Å². The quantitative estimate of drug-likeness (QED) is 0.654. The van der Waals surface area contributed by atoms with Gasteiger partial charge in [0.1, 0.15) is 10.6 Å². The van der Waals surface area contributed by atoms with Gasteiger partial charge in [-0.2, -0.15) is 4.31 Å². The van der Waals surface area contributed by atoms with Crippen molar-refractivity contribution < 1.29 is 22.5 Å². The number of carbonyl (C=O) groups is 2. The van der Waals surface area contributed by atoms with Crippen LogP contribution >= 0.6 is 0 Å². The van der Waals surface area contributed by atoms with Crippen molar-refractivity contribution >= 4 is 27.5 Å². The fraction of sp³-hybridized carbons (Fsp3) is 0.500. The van der Waals surface area contributed by atoms with Gasteiger partial charge in [0.05, 0.1) is 5.92 Å². The molecule has 0 bridgehead atoms. The van der Waals surface area contributed by atoms with Crippen LogP contribution in [0.2, 0.25) is 0 Å². The van der Waals surface area contributed by atoms with Crippen molar-refractivity contribution in [2.75, 3.05) is 18.4 Å². The summed E-state index contributed by atoms with van der Waals surface area (Å²) >= 11 is 0. The third kappa shape index (κ3) is 4.86. The summed E-state index contributed by atoms with van der Waals surface area (Å²) in [7, 11) is -3.78. The number of nitrogens with zero attached hydrogens (tertiary/aromatic N) is 2. The Morgan fingerprint density at radius 1 is 1.16 bits per heavy atom. The van der Waals surface area contributed by atoms with E-state index < -0.39 is 15.9 Å². The fourth-order valence-electron chi connectivity index (χ4n) is 4.03. The van der Waals surface area contributed by atoms with Crippen molar-refractivity contribution in [3.8, 4) is 0 Å². The Kier molecular flexibility index (Phi) is 6.34. The van der Waals surface area contributed by atoms with Gasteiger partial charge in [0.25, 0.3) is 0 Å². The molecule has 1 atom stereocenters. The number of anilines is 1. The van der Waals surface area contributed by atoms with Gasteiger partial charge in [-0.3, -0.25) is 9.59 Å². The van der Waals surface area contributed by atoms with Crippen molar-refractivity contribution in [3.63, 3.8) is 0 Å². The molecule has 1 aliphatic carbocycles. The minimum absolute atomic E-state index is 0.0352. The van der Waals surface area contributed by atoms with Gasteiger partial charge in [-0.1, -0.05) is 17.3 Å². The lowest BCUT2D eigenvalue weighted by atomic mass is 9.98. The number of aryl methyl sites for hydroxylation is 2. The Balaban J connectivity index is 1.36. The number of amides is 2. The number of sulfonamides is 1. The highest BCUT2D eigenvalue weighted by Crippen LogP contribution is 2.30. The van der Waals surface area contributed by atoms with Crippen LogP contribution in [0.4, 0.5) is 5.69 Å².